The first-order chi connectivity index (χ1) is 19.2. The lowest BCUT2D eigenvalue weighted by molar-refractivity contribution is -0.139. The monoisotopic (exact) mass is 561 g/mol. The van der Waals surface area contributed by atoms with Crippen molar-refractivity contribution in [2.24, 2.45) is 0 Å². The molecule has 1 atom stereocenters. The molecular weight excluding hydrogens is 522 g/mol. The molecular formula is C32H39N3O4S. The Balaban J connectivity index is 1.68. The maximum Gasteiger partial charge on any atom is 0.264 e. The maximum atomic E-state index is 14.1. The summed E-state index contributed by atoms with van der Waals surface area (Å²) in [6, 6.07) is 22.4. The molecule has 0 spiro atoms. The SMILES string of the molecule is Cc1ccc(N(CC(=O)N(Cc2ccccc2)[C@@H](C)C(=O)NC2CCCCC2)S(=O)(=O)c2ccccc2)c(C)c1. The average Bonchev–Trinajstić information content (AvgIpc) is 2.96. The van der Waals surface area contributed by atoms with Gasteiger partial charge in [-0.3, -0.25) is 13.9 Å². The lowest BCUT2D eigenvalue weighted by Crippen LogP contribution is -2.53. The lowest BCUT2D eigenvalue weighted by atomic mass is 9.95. The number of benzene rings is 3. The number of aryl methyl sites for hydroxylation is 2. The number of anilines is 1. The summed E-state index contributed by atoms with van der Waals surface area (Å²) >= 11 is 0. The van der Waals surface area contributed by atoms with E-state index in [1.807, 2.05) is 56.3 Å². The molecule has 4 rings (SSSR count). The van der Waals surface area contributed by atoms with Crippen LogP contribution >= 0.6 is 0 Å². The van der Waals surface area contributed by atoms with Crippen molar-refractivity contribution >= 4 is 27.5 Å². The molecule has 2 amide bonds. The Morgan fingerprint density at radius 2 is 1.52 bits per heavy atom. The minimum atomic E-state index is -4.07. The molecule has 1 N–H and O–H groups in total. The molecule has 1 aliphatic rings. The van der Waals surface area contributed by atoms with Crippen LogP contribution in [0.4, 0.5) is 5.69 Å². The second kappa shape index (κ2) is 13.1. The molecule has 1 fully saturated rings. The van der Waals surface area contributed by atoms with Crippen molar-refractivity contribution in [3.63, 3.8) is 0 Å². The van der Waals surface area contributed by atoms with Gasteiger partial charge in [0.05, 0.1) is 10.6 Å². The van der Waals surface area contributed by atoms with Gasteiger partial charge in [-0.25, -0.2) is 8.42 Å². The van der Waals surface area contributed by atoms with E-state index in [1.165, 1.54) is 27.8 Å². The van der Waals surface area contributed by atoms with E-state index in [1.54, 1.807) is 31.2 Å². The summed E-state index contributed by atoms with van der Waals surface area (Å²) in [5.41, 5.74) is 3.02. The summed E-state index contributed by atoms with van der Waals surface area (Å²) in [7, 11) is -4.07. The van der Waals surface area contributed by atoms with Gasteiger partial charge in [0, 0.05) is 12.6 Å². The summed E-state index contributed by atoms with van der Waals surface area (Å²) in [5, 5.41) is 3.13. The van der Waals surface area contributed by atoms with Crippen LogP contribution in [0, 0.1) is 13.8 Å². The van der Waals surface area contributed by atoms with Crippen molar-refractivity contribution in [3.05, 3.63) is 95.6 Å². The summed E-state index contributed by atoms with van der Waals surface area (Å²) in [4.78, 5) is 29.0. The number of amides is 2. The van der Waals surface area contributed by atoms with E-state index in [0.717, 1.165) is 42.4 Å². The minimum Gasteiger partial charge on any atom is -0.352 e. The number of carbonyl (C=O) groups is 2. The number of sulfonamides is 1. The van der Waals surface area contributed by atoms with Crippen LogP contribution in [-0.2, 0) is 26.2 Å². The van der Waals surface area contributed by atoms with E-state index in [2.05, 4.69) is 5.32 Å². The minimum absolute atomic E-state index is 0.0977. The number of hydrogen-bond acceptors (Lipinski definition) is 4. The quantitative estimate of drug-likeness (QED) is 0.361. The van der Waals surface area contributed by atoms with Gasteiger partial charge in [0.15, 0.2) is 0 Å². The normalized spacial score (nSPS) is 14.8. The average molecular weight is 562 g/mol. The standard InChI is InChI=1S/C32H39N3O4S/c1-24-19-20-30(25(2)21-24)35(40(38,39)29-17-11-6-12-18-29)23-31(36)34(22-27-13-7-4-8-14-27)26(3)32(37)33-28-15-9-5-10-16-28/h4,6-8,11-14,17-21,26,28H,5,9-10,15-16,22-23H2,1-3H3,(H,33,37)/t26-/m0/s1. The van der Waals surface area contributed by atoms with Crippen molar-refractivity contribution < 1.29 is 18.0 Å². The molecule has 1 saturated carbocycles. The van der Waals surface area contributed by atoms with Crippen LogP contribution in [0.15, 0.2) is 83.8 Å². The molecule has 0 radical (unpaired) electrons. The van der Waals surface area contributed by atoms with Gasteiger partial charge >= 0.3 is 0 Å². The number of rotatable bonds is 10. The van der Waals surface area contributed by atoms with Gasteiger partial charge in [0.1, 0.15) is 12.6 Å². The second-order valence-corrected chi connectivity index (χ2v) is 12.5. The van der Waals surface area contributed by atoms with Gasteiger partial charge in [-0.1, -0.05) is 85.5 Å². The van der Waals surface area contributed by atoms with Crippen LogP contribution in [0.3, 0.4) is 0 Å². The van der Waals surface area contributed by atoms with Crippen LogP contribution in [0.1, 0.15) is 55.7 Å². The fourth-order valence-electron chi connectivity index (χ4n) is 5.25. The number of nitrogens with one attached hydrogen (secondary N) is 1. The van der Waals surface area contributed by atoms with Crippen LogP contribution in [0.5, 0.6) is 0 Å². The zero-order chi connectivity index (χ0) is 28.7. The predicted molar refractivity (Wildman–Crippen MR) is 158 cm³/mol. The molecule has 0 aromatic heterocycles. The Bertz CT molecular complexity index is 1400. The second-order valence-electron chi connectivity index (χ2n) is 10.6. The molecule has 3 aromatic rings. The zero-order valence-corrected chi connectivity index (χ0v) is 24.4. The Morgan fingerprint density at radius 3 is 2.15 bits per heavy atom. The van der Waals surface area contributed by atoms with Crippen molar-refractivity contribution in [1.29, 1.82) is 0 Å². The molecule has 0 heterocycles. The van der Waals surface area contributed by atoms with Crippen molar-refractivity contribution in [2.75, 3.05) is 10.8 Å². The number of carbonyl (C=O) groups excluding carboxylic acids is 2. The smallest absolute Gasteiger partial charge is 0.264 e. The van der Waals surface area contributed by atoms with Crippen LogP contribution in [0.2, 0.25) is 0 Å². The highest BCUT2D eigenvalue weighted by molar-refractivity contribution is 7.92. The Labute approximate surface area is 238 Å². The van der Waals surface area contributed by atoms with Crippen molar-refractivity contribution in [1.82, 2.24) is 10.2 Å². The zero-order valence-electron chi connectivity index (χ0n) is 23.5. The topological polar surface area (TPSA) is 86.8 Å². The molecule has 0 unspecified atom stereocenters. The molecule has 0 saturated heterocycles. The van der Waals surface area contributed by atoms with Crippen molar-refractivity contribution in [3.8, 4) is 0 Å². The predicted octanol–water partition coefficient (Wildman–Crippen LogP) is 5.36. The molecule has 8 heteroatoms. The van der Waals surface area contributed by atoms with E-state index >= 15 is 0 Å². The highest BCUT2D eigenvalue weighted by atomic mass is 32.2. The third kappa shape index (κ3) is 7.10. The fraction of sp³-hybridized carbons (Fsp3) is 0.375. The van der Waals surface area contributed by atoms with Crippen LogP contribution in [0.25, 0.3) is 0 Å². The third-order valence-corrected chi connectivity index (χ3v) is 9.32. The Morgan fingerprint density at radius 1 is 0.900 bits per heavy atom. The largest absolute Gasteiger partial charge is 0.352 e. The summed E-state index contributed by atoms with van der Waals surface area (Å²) in [6.07, 6.45) is 5.19. The van der Waals surface area contributed by atoms with Crippen LogP contribution in [-0.4, -0.2) is 43.8 Å². The lowest BCUT2D eigenvalue weighted by Gasteiger charge is -2.33. The van der Waals surface area contributed by atoms with Gasteiger partial charge in [-0.15, -0.1) is 0 Å². The maximum absolute atomic E-state index is 14.1. The molecule has 1 aliphatic carbocycles. The van der Waals surface area contributed by atoms with Gasteiger partial charge in [0.25, 0.3) is 10.0 Å². The first kappa shape index (κ1) is 29.3. The van der Waals surface area contributed by atoms with E-state index in [0.29, 0.717) is 5.69 Å². The molecule has 0 bridgehead atoms. The highest BCUT2D eigenvalue weighted by Crippen LogP contribution is 2.28. The third-order valence-electron chi connectivity index (χ3n) is 7.55. The molecule has 3 aromatic carbocycles. The first-order valence-electron chi connectivity index (χ1n) is 14.0. The molecule has 40 heavy (non-hydrogen) atoms. The van der Waals surface area contributed by atoms with Gasteiger partial charge < -0.3 is 10.2 Å². The van der Waals surface area contributed by atoms with E-state index in [-0.39, 0.29) is 23.4 Å². The van der Waals surface area contributed by atoms with Crippen molar-refractivity contribution in [2.45, 2.75) is 76.4 Å². The summed E-state index contributed by atoms with van der Waals surface area (Å²) in [6.45, 7) is 5.24. The first-order valence-corrected chi connectivity index (χ1v) is 15.4. The number of hydrogen-bond donors (Lipinski definition) is 1. The molecule has 212 valence electrons. The highest BCUT2D eigenvalue weighted by Gasteiger charge is 2.33. The summed E-state index contributed by atoms with van der Waals surface area (Å²) in [5.74, 6) is -0.671. The number of nitrogens with zero attached hydrogens (tertiary/aromatic N) is 2. The van der Waals surface area contributed by atoms with Gasteiger partial charge in [-0.2, -0.15) is 0 Å². The van der Waals surface area contributed by atoms with E-state index in [9.17, 15) is 18.0 Å². The van der Waals surface area contributed by atoms with Gasteiger partial charge in [0.2, 0.25) is 11.8 Å². The Kier molecular flexibility index (Phi) is 9.63. The van der Waals surface area contributed by atoms with Gasteiger partial charge in [-0.05, 0) is 62.9 Å². The molecule has 7 nitrogen and oxygen atoms in total. The van der Waals surface area contributed by atoms with E-state index < -0.39 is 28.5 Å². The summed E-state index contributed by atoms with van der Waals surface area (Å²) < 4.78 is 29.0. The fourth-order valence-corrected chi connectivity index (χ4v) is 6.75. The van der Waals surface area contributed by atoms with E-state index in [4.69, 9.17) is 0 Å². The molecule has 0 aliphatic heterocycles. The Hall–Kier alpha value is -3.65. The van der Waals surface area contributed by atoms with Crippen LogP contribution < -0.4 is 9.62 Å².